The summed E-state index contributed by atoms with van der Waals surface area (Å²) in [5, 5.41) is 6.87. The van der Waals surface area contributed by atoms with Crippen LogP contribution in [0.1, 0.15) is 38.2 Å². The maximum absolute atomic E-state index is 13.3. The molecular weight excluding hydrogens is 477 g/mol. The average molecular weight is 506 g/mol. The highest BCUT2D eigenvalue weighted by Crippen LogP contribution is 2.33. The van der Waals surface area contributed by atoms with E-state index in [0.717, 1.165) is 24.8 Å². The van der Waals surface area contributed by atoms with Gasteiger partial charge in [0.2, 0.25) is 11.8 Å². The van der Waals surface area contributed by atoms with E-state index in [1.54, 1.807) is 18.2 Å². The highest BCUT2D eigenvalue weighted by molar-refractivity contribution is 6.39. The Morgan fingerprint density at radius 1 is 1.12 bits per heavy atom. The molecule has 0 aromatic heterocycles. The predicted octanol–water partition coefficient (Wildman–Crippen LogP) is 4.73. The number of hydrogen-bond donors (Lipinski definition) is 2. The molecule has 1 atom stereocenters. The van der Waals surface area contributed by atoms with E-state index in [2.05, 4.69) is 17.6 Å². The standard InChI is InChI=1S/C25H29Cl2N3O4/c1-2-3-6-14-34-23(32)16-21-25(33)28-12-13-30(21)22(31)15-17-8-4-5-11-20(17)29-24-18(26)9-7-10-19(24)27/h4-5,7-11,21,29H,2-3,6,12-16H2,1H3,(H,28,33). The summed E-state index contributed by atoms with van der Waals surface area (Å²) in [6.45, 7) is 3.04. The van der Waals surface area contributed by atoms with Gasteiger partial charge in [-0.1, -0.05) is 67.2 Å². The van der Waals surface area contributed by atoms with Crippen LogP contribution in [-0.2, 0) is 25.5 Å². The van der Waals surface area contributed by atoms with E-state index in [9.17, 15) is 14.4 Å². The third kappa shape index (κ3) is 6.87. The zero-order valence-electron chi connectivity index (χ0n) is 19.1. The largest absolute Gasteiger partial charge is 0.466 e. The maximum Gasteiger partial charge on any atom is 0.308 e. The third-order valence-corrected chi connectivity index (χ3v) is 6.23. The molecule has 1 fully saturated rings. The number of carbonyl (C=O) groups is 3. The predicted molar refractivity (Wildman–Crippen MR) is 134 cm³/mol. The summed E-state index contributed by atoms with van der Waals surface area (Å²) in [6, 6.07) is 11.6. The van der Waals surface area contributed by atoms with E-state index < -0.39 is 12.0 Å². The molecule has 2 aromatic rings. The van der Waals surface area contributed by atoms with Crippen LogP contribution in [0.2, 0.25) is 10.0 Å². The number of amides is 2. The van der Waals surface area contributed by atoms with E-state index in [-0.39, 0.29) is 24.7 Å². The van der Waals surface area contributed by atoms with E-state index >= 15 is 0 Å². The summed E-state index contributed by atoms with van der Waals surface area (Å²) in [5.74, 6) is -1.08. The van der Waals surface area contributed by atoms with Crippen LogP contribution in [0.25, 0.3) is 0 Å². The van der Waals surface area contributed by atoms with Crippen molar-refractivity contribution in [3.63, 3.8) is 0 Å². The van der Waals surface area contributed by atoms with Gasteiger partial charge in [0.1, 0.15) is 6.04 Å². The van der Waals surface area contributed by atoms with Gasteiger partial charge in [0.05, 0.1) is 35.2 Å². The fourth-order valence-electron chi connectivity index (χ4n) is 3.78. The summed E-state index contributed by atoms with van der Waals surface area (Å²) in [7, 11) is 0. The van der Waals surface area contributed by atoms with Gasteiger partial charge in [0, 0.05) is 18.8 Å². The van der Waals surface area contributed by atoms with Gasteiger partial charge in [-0.2, -0.15) is 0 Å². The molecule has 1 aliphatic heterocycles. The molecule has 3 rings (SSSR count). The lowest BCUT2D eigenvalue weighted by Crippen LogP contribution is -2.58. The number of carbonyl (C=O) groups excluding carboxylic acids is 3. The number of esters is 1. The second kappa shape index (κ2) is 12.6. The molecule has 2 aromatic carbocycles. The van der Waals surface area contributed by atoms with E-state index in [1.807, 2.05) is 24.3 Å². The van der Waals surface area contributed by atoms with Crippen LogP contribution in [-0.4, -0.2) is 48.4 Å². The van der Waals surface area contributed by atoms with Gasteiger partial charge in [0.25, 0.3) is 0 Å². The van der Waals surface area contributed by atoms with Crippen molar-refractivity contribution in [2.75, 3.05) is 25.0 Å². The number of nitrogens with zero attached hydrogens (tertiary/aromatic N) is 1. The van der Waals surface area contributed by atoms with Crippen LogP contribution >= 0.6 is 23.2 Å². The first kappa shape index (κ1) is 25.8. The molecule has 0 saturated carbocycles. The fraction of sp³-hybridized carbons (Fsp3) is 0.400. The van der Waals surface area contributed by atoms with Crippen molar-refractivity contribution in [1.82, 2.24) is 10.2 Å². The minimum atomic E-state index is -0.891. The quantitative estimate of drug-likeness (QED) is 0.360. The van der Waals surface area contributed by atoms with Crippen molar-refractivity contribution in [2.45, 2.75) is 45.1 Å². The third-order valence-electron chi connectivity index (χ3n) is 5.60. The molecule has 9 heteroatoms. The maximum atomic E-state index is 13.3. The Morgan fingerprint density at radius 3 is 2.59 bits per heavy atom. The van der Waals surface area contributed by atoms with Crippen molar-refractivity contribution in [3.05, 3.63) is 58.1 Å². The number of ether oxygens (including phenoxy) is 1. The number of para-hydroxylation sites is 2. The van der Waals surface area contributed by atoms with Crippen molar-refractivity contribution in [2.24, 2.45) is 0 Å². The Morgan fingerprint density at radius 2 is 1.85 bits per heavy atom. The Balaban J connectivity index is 1.71. The Labute approximate surface area is 209 Å². The molecular formula is C25H29Cl2N3O4. The lowest BCUT2D eigenvalue weighted by molar-refractivity contribution is -0.151. The zero-order valence-corrected chi connectivity index (χ0v) is 20.6. The summed E-state index contributed by atoms with van der Waals surface area (Å²) in [4.78, 5) is 39.5. The van der Waals surface area contributed by atoms with Crippen LogP contribution < -0.4 is 10.6 Å². The smallest absolute Gasteiger partial charge is 0.308 e. The van der Waals surface area contributed by atoms with Gasteiger partial charge in [-0.15, -0.1) is 0 Å². The van der Waals surface area contributed by atoms with Crippen LogP contribution in [0, 0.1) is 0 Å². The molecule has 0 bridgehead atoms. The topological polar surface area (TPSA) is 87.7 Å². The molecule has 0 spiro atoms. The van der Waals surface area contributed by atoms with E-state index in [4.69, 9.17) is 27.9 Å². The lowest BCUT2D eigenvalue weighted by atomic mass is 10.0. The fourth-order valence-corrected chi connectivity index (χ4v) is 4.28. The molecule has 0 aliphatic carbocycles. The number of nitrogens with one attached hydrogen (secondary N) is 2. The first-order valence-corrected chi connectivity index (χ1v) is 12.2. The zero-order chi connectivity index (χ0) is 24.5. The highest BCUT2D eigenvalue weighted by atomic mass is 35.5. The molecule has 182 valence electrons. The molecule has 1 unspecified atom stereocenters. The van der Waals surface area contributed by atoms with Crippen LogP contribution in [0.15, 0.2) is 42.5 Å². The number of hydrogen-bond acceptors (Lipinski definition) is 5. The van der Waals surface area contributed by atoms with Gasteiger partial charge < -0.3 is 20.3 Å². The molecule has 7 nitrogen and oxygen atoms in total. The highest BCUT2D eigenvalue weighted by Gasteiger charge is 2.35. The SMILES string of the molecule is CCCCCOC(=O)CC1C(=O)NCCN1C(=O)Cc1ccccc1Nc1c(Cl)cccc1Cl. The van der Waals surface area contributed by atoms with E-state index in [1.165, 1.54) is 4.90 Å². The Kier molecular flexibility index (Phi) is 9.60. The molecule has 1 aliphatic rings. The molecule has 2 N–H and O–H groups in total. The van der Waals surface area contributed by atoms with Gasteiger partial charge in [0.15, 0.2) is 0 Å². The normalized spacial score (nSPS) is 15.6. The summed E-state index contributed by atoms with van der Waals surface area (Å²) >= 11 is 12.6. The second-order valence-electron chi connectivity index (χ2n) is 8.08. The first-order valence-electron chi connectivity index (χ1n) is 11.4. The van der Waals surface area contributed by atoms with E-state index in [0.29, 0.717) is 41.1 Å². The van der Waals surface area contributed by atoms with Crippen LogP contribution in [0.5, 0.6) is 0 Å². The lowest BCUT2D eigenvalue weighted by Gasteiger charge is -2.34. The number of rotatable bonds is 10. The summed E-state index contributed by atoms with van der Waals surface area (Å²) in [5.41, 5.74) is 1.95. The molecule has 34 heavy (non-hydrogen) atoms. The minimum Gasteiger partial charge on any atom is -0.466 e. The van der Waals surface area contributed by atoms with Gasteiger partial charge in [-0.3, -0.25) is 14.4 Å². The average Bonchev–Trinajstić information content (AvgIpc) is 2.81. The van der Waals surface area contributed by atoms with Crippen LogP contribution in [0.4, 0.5) is 11.4 Å². The summed E-state index contributed by atoms with van der Waals surface area (Å²) in [6.07, 6.45) is 2.64. The van der Waals surface area contributed by atoms with Crippen molar-refractivity contribution in [3.8, 4) is 0 Å². The number of unbranched alkanes of at least 4 members (excludes halogenated alkanes) is 2. The molecule has 2 amide bonds. The molecule has 0 radical (unpaired) electrons. The number of piperazine rings is 1. The molecule has 1 saturated heterocycles. The second-order valence-corrected chi connectivity index (χ2v) is 8.90. The number of anilines is 2. The minimum absolute atomic E-state index is 0.0422. The Hall–Kier alpha value is -2.77. The summed E-state index contributed by atoms with van der Waals surface area (Å²) < 4.78 is 5.26. The van der Waals surface area contributed by atoms with Crippen molar-refractivity contribution < 1.29 is 19.1 Å². The van der Waals surface area contributed by atoms with Crippen molar-refractivity contribution in [1.29, 1.82) is 0 Å². The van der Waals surface area contributed by atoms with Gasteiger partial charge in [-0.05, 0) is 30.2 Å². The first-order chi connectivity index (χ1) is 16.4. The number of halogens is 2. The van der Waals surface area contributed by atoms with Gasteiger partial charge >= 0.3 is 5.97 Å². The van der Waals surface area contributed by atoms with Crippen LogP contribution in [0.3, 0.4) is 0 Å². The monoisotopic (exact) mass is 505 g/mol. The van der Waals surface area contributed by atoms with Crippen molar-refractivity contribution >= 4 is 52.4 Å². The van der Waals surface area contributed by atoms with Gasteiger partial charge in [-0.25, -0.2) is 0 Å². The Bertz CT molecular complexity index is 1010. The number of benzene rings is 2. The molecule has 1 heterocycles.